The van der Waals surface area contributed by atoms with Gasteiger partial charge in [-0.1, -0.05) is 18.2 Å². The summed E-state index contributed by atoms with van der Waals surface area (Å²) in [4.78, 5) is 18.5. The second kappa shape index (κ2) is 8.46. The standard InChI is InChI=1S/C19H22FN3O2/c20-16-5-1-2-6-17(16)25-14-19(24)22-13-15-8-11-23(12-9-15)18-7-3-4-10-21-18/h1-7,10,15H,8-9,11-14H2,(H,22,24). The fourth-order valence-corrected chi connectivity index (χ4v) is 2.92. The van der Waals surface area contributed by atoms with Crippen LogP contribution in [0.15, 0.2) is 48.7 Å². The minimum Gasteiger partial charge on any atom is -0.481 e. The number of piperidine rings is 1. The number of para-hydroxylation sites is 1. The van der Waals surface area contributed by atoms with E-state index in [4.69, 9.17) is 4.74 Å². The normalized spacial score (nSPS) is 15.0. The van der Waals surface area contributed by atoms with Crippen molar-refractivity contribution in [3.8, 4) is 5.75 Å². The summed E-state index contributed by atoms with van der Waals surface area (Å²) in [5.74, 6) is 0.856. The fourth-order valence-electron chi connectivity index (χ4n) is 2.92. The number of anilines is 1. The molecule has 2 heterocycles. The Morgan fingerprint density at radius 3 is 2.68 bits per heavy atom. The molecule has 132 valence electrons. The number of nitrogens with one attached hydrogen (secondary N) is 1. The molecule has 6 heteroatoms. The van der Waals surface area contributed by atoms with Gasteiger partial charge in [-0.25, -0.2) is 9.37 Å². The number of amides is 1. The maximum absolute atomic E-state index is 13.4. The van der Waals surface area contributed by atoms with Crippen molar-refractivity contribution < 1.29 is 13.9 Å². The largest absolute Gasteiger partial charge is 0.481 e. The van der Waals surface area contributed by atoms with Crippen molar-refractivity contribution >= 4 is 11.7 Å². The topological polar surface area (TPSA) is 54.5 Å². The molecule has 1 aromatic carbocycles. The lowest BCUT2D eigenvalue weighted by Crippen LogP contribution is -2.40. The van der Waals surface area contributed by atoms with Crippen molar-refractivity contribution in [1.29, 1.82) is 0 Å². The number of hydrogen-bond acceptors (Lipinski definition) is 4. The van der Waals surface area contributed by atoms with E-state index in [2.05, 4.69) is 15.2 Å². The molecule has 1 N–H and O–H groups in total. The van der Waals surface area contributed by atoms with Gasteiger partial charge in [0.25, 0.3) is 5.91 Å². The van der Waals surface area contributed by atoms with Crippen LogP contribution < -0.4 is 15.0 Å². The van der Waals surface area contributed by atoms with Gasteiger partial charge in [0.05, 0.1) is 0 Å². The van der Waals surface area contributed by atoms with Gasteiger partial charge in [-0.2, -0.15) is 0 Å². The molecule has 5 nitrogen and oxygen atoms in total. The summed E-state index contributed by atoms with van der Waals surface area (Å²) < 4.78 is 18.6. The van der Waals surface area contributed by atoms with Gasteiger partial charge in [0.1, 0.15) is 5.82 Å². The van der Waals surface area contributed by atoms with Gasteiger partial charge in [0.2, 0.25) is 0 Å². The molecule has 1 aliphatic heterocycles. The van der Waals surface area contributed by atoms with Crippen molar-refractivity contribution in [2.75, 3.05) is 31.1 Å². The van der Waals surface area contributed by atoms with Gasteiger partial charge in [0.15, 0.2) is 18.2 Å². The molecule has 1 amide bonds. The third-order valence-electron chi connectivity index (χ3n) is 4.37. The Labute approximate surface area is 146 Å². The van der Waals surface area contributed by atoms with Gasteiger partial charge in [0, 0.05) is 25.8 Å². The van der Waals surface area contributed by atoms with Crippen molar-refractivity contribution in [3.05, 3.63) is 54.5 Å². The summed E-state index contributed by atoms with van der Waals surface area (Å²) in [6.07, 6.45) is 3.81. The molecule has 1 aromatic heterocycles. The lowest BCUT2D eigenvalue weighted by atomic mass is 9.97. The van der Waals surface area contributed by atoms with Crippen LogP contribution in [0.5, 0.6) is 5.75 Å². The first-order valence-corrected chi connectivity index (χ1v) is 8.52. The van der Waals surface area contributed by atoms with Crippen LogP contribution in [-0.2, 0) is 4.79 Å². The van der Waals surface area contributed by atoms with E-state index in [1.807, 2.05) is 18.2 Å². The summed E-state index contributed by atoms with van der Waals surface area (Å²) in [7, 11) is 0. The Balaban J connectivity index is 1.37. The minimum atomic E-state index is -0.461. The van der Waals surface area contributed by atoms with Gasteiger partial charge < -0.3 is 15.0 Å². The summed E-state index contributed by atoms with van der Waals surface area (Å²) >= 11 is 0. The number of ether oxygens (including phenoxy) is 1. The van der Waals surface area contributed by atoms with Crippen LogP contribution in [0.2, 0.25) is 0 Å². The molecule has 1 aliphatic rings. The molecule has 0 unspecified atom stereocenters. The number of halogens is 1. The van der Waals surface area contributed by atoms with E-state index in [9.17, 15) is 9.18 Å². The molecule has 2 aromatic rings. The molecular weight excluding hydrogens is 321 g/mol. The van der Waals surface area contributed by atoms with E-state index in [0.29, 0.717) is 12.5 Å². The average Bonchev–Trinajstić information content (AvgIpc) is 2.67. The fraction of sp³-hybridized carbons (Fsp3) is 0.368. The number of benzene rings is 1. The van der Waals surface area contributed by atoms with E-state index in [1.165, 1.54) is 12.1 Å². The van der Waals surface area contributed by atoms with Crippen LogP contribution in [0.4, 0.5) is 10.2 Å². The number of pyridine rings is 1. The molecule has 1 saturated heterocycles. The van der Waals surface area contributed by atoms with Gasteiger partial charge in [-0.15, -0.1) is 0 Å². The molecule has 1 fully saturated rings. The lowest BCUT2D eigenvalue weighted by Gasteiger charge is -2.32. The summed E-state index contributed by atoms with van der Waals surface area (Å²) in [6.45, 7) is 2.32. The van der Waals surface area contributed by atoms with E-state index in [-0.39, 0.29) is 18.3 Å². The van der Waals surface area contributed by atoms with Crippen molar-refractivity contribution in [2.24, 2.45) is 5.92 Å². The first-order valence-electron chi connectivity index (χ1n) is 8.52. The zero-order chi connectivity index (χ0) is 17.5. The highest BCUT2D eigenvalue weighted by Gasteiger charge is 2.20. The van der Waals surface area contributed by atoms with Gasteiger partial charge in [-0.3, -0.25) is 4.79 Å². The molecule has 25 heavy (non-hydrogen) atoms. The molecule has 0 aliphatic carbocycles. The van der Waals surface area contributed by atoms with Crippen LogP contribution in [0.25, 0.3) is 0 Å². The third-order valence-corrected chi connectivity index (χ3v) is 4.37. The summed E-state index contributed by atoms with van der Waals surface area (Å²) in [5, 5.41) is 2.88. The number of carbonyl (C=O) groups is 1. The molecule has 0 saturated carbocycles. The second-order valence-corrected chi connectivity index (χ2v) is 6.14. The maximum Gasteiger partial charge on any atom is 0.257 e. The first-order chi connectivity index (χ1) is 12.2. The predicted molar refractivity (Wildman–Crippen MR) is 94.1 cm³/mol. The van der Waals surface area contributed by atoms with E-state index in [0.717, 1.165) is 31.7 Å². The molecule has 0 spiro atoms. The van der Waals surface area contributed by atoms with E-state index in [1.54, 1.807) is 18.3 Å². The van der Waals surface area contributed by atoms with Crippen LogP contribution >= 0.6 is 0 Å². The molecule has 0 bridgehead atoms. The van der Waals surface area contributed by atoms with Crippen LogP contribution in [0.3, 0.4) is 0 Å². The smallest absolute Gasteiger partial charge is 0.257 e. The number of hydrogen-bond donors (Lipinski definition) is 1. The zero-order valence-corrected chi connectivity index (χ0v) is 14.0. The Morgan fingerprint density at radius 2 is 1.96 bits per heavy atom. The van der Waals surface area contributed by atoms with Crippen LogP contribution in [-0.4, -0.2) is 37.1 Å². The minimum absolute atomic E-state index is 0.0984. The SMILES string of the molecule is O=C(COc1ccccc1F)NCC1CCN(c2ccccn2)CC1. The van der Waals surface area contributed by atoms with Crippen LogP contribution in [0.1, 0.15) is 12.8 Å². The Bertz CT molecular complexity index is 688. The third kappa shape index (κ3) is 4.92. The molecular formula is C19H22FN3O2. The Hall–Kier alpha value is -2.63. The highest BCUT2D eigenvalue weighted by Crippen LogP contribution is 2.21. The highest BCUT2D eigenvalue weighted by molar-refractivity contribution is 5.77. The number of rotatable bonds is 6. The van der Waals surface area contributed by atoms with Crippen molar-refractivity contribution in [3.63, 3.8) is 0 Å². The first kappa shape index (κ1) is 17.2. The Kier molecular flexibility index (Phi) is 5.82. The second-order valence-electron chi connectivity index (χ2n) is 6.14. The average molecular weight is 343 g/mol. The lowest BCUT2D eigenvalue weighted by molar-refractivity contribution is -0.123. The maximum atomic E-state index is 13.4. The zero-order valence-electron chi connectivity index (χ0n) is 14.0. The monoisotopic (exact) mass is 343 g/mol. The molecule has 0 atom stereocenters. The van der Waals surface area contributed by atoms with Gasteiger partial charge >= 0.3 is 0 Å². The number of nitrogens with zero attached hydrogens (tertiary/aromatic N) is 2. The summed E-state index contributed by atoms with van der Waals surface area (Å²) in [6, 6.07) is 12.0. The quantitative estimate of drug-likeness (QED) is 0.876. The van der Waals surface area contributed by atoms with Crippen molar-refractivity contribution in [2.45, 2.75) is 12.8 Å². The predicted octanol–water partition coefficient (Wildman–Crippen LogP) is 2.63. The molecule has 3 rings (SSSR count). The van der Waals surface area contributed by atoms with Gasteiger partial charge in [-0.05, 0) is 43.0 Å². The number of carbonyl (C=O) groups excluding carboxylic acids is 1. The van der Waals surface area contributed by atoms with Crippen LogP contribution in [0, 0.1) is 11.7 Å². The molecule has 0 radical (unpaired) electrons. The Morgan fingerprint density at radius 1 is 1.20 bits per heavy atom. The summed E-state index contributed by atoms with van der Waals surface area (Å²) in [5.41, 5.74) is 0. The number of aromatic nitrogens is 1. The van der Waals surface area contributed by atoms with E-state index >= 15 is 0 Å². The van der Waals surface area contributed by atoms with E-state index < -0.39 is 5.82 Å². The highest BCUT2D eigenvalue weighted by atomic mass is 19.1. The van der Waals surface area contributed by atoms with Crippen molar-refractivity contribution in [1.82, 2.24) is 10.3 Å².